The zero-order valence-electron chi connectivity index (χ0n) is 28.0. The summed E-state index contributed by atoms with van der Waals surface area (Å²) < 4.78 is 15.4. The Kier molecular flexibility index (Phi) is 10.4. The maximum atomic E-state index is 12.7. The Morgan fingerprint density at radius 1 is 0.538 bits per heavy atom. The zero-order chi connectivity index (χ0) is 35.5. The molecule has 260 valence electrons. The molecule has 2 aliphatic rings. The number of allylic oxidation sites excluding steroid dienone is 2. The Morgan fingerprint density at radius 3 is 1.48 bits per heavy atom. The first-order valence-electron chi connectivity index (χ1n) is 16.7. The number of nitrogens with one attached hydrogen (secondary N) is 2. The lowest BCUT2D eigenvalue weighted by atomic mass is 10.2. The van der Waals surface area contributed by atoms with Crippen LogP contribution >= 0.6 is 0 Å². The molecule has 2 amide bonds. The molecule has 4 bridgehead atoms. The summed E-state index contributed by atoms with van der Waals surface area (Å²) in [7, 11) is 0. The highest BCUT2D eigenvalue weighted by Gasteiger charge is 2.17. The minimum absolute atomic E-state index is 0.267. The van der Waals surface area contributed by atoms with E-state index in [1.807, 2.05) is 82.0 Å². The van der Waals surface area contributed by atoms with Crippen molar-refractivity contribution in [2.45, 2.75) is 25.9 Å². The first kappa shape index (κ1) is 33.5. The number of carbonyl (C=O) groups excluding carboxylic acids is 2. The normalized spacial score (nSPS) is 15.5. The van der Waals surface area contributed by atoms with Crippen LogP contribution in [0.15, 0.2) is 122 Å². The average molecular weight is 695 g/mol. The molecule has 6 aromatic rings. The summed E-state index contributed by atoms with van der Waals surface area (Å²) in [4.78, 5) is 34.3. The molecule has 52 heavy (non-hydrogen) atoms. The molecular formula is C38H34N10O4. The Labute approximate surface area is 298 Å². The lowest BCUT2D eigenvalue weighted by molar-refractivity contribution is 0.101. The van der Waals surface area contributed by atoms with E-state index in [9.17, 15) is 9.59 Å². The van der Waals surface area contributed by atoms with Gasteiger partial charge in [0.05, 0.1) is 24.3 Å². The van der Waals surface area contributed by atoms with Crippen molar-refractivity contribution < 1.29 is 19.1 Å². The van der Waals surface area contributed by atoms with E-state index in [2.05, 4.69) is 41.0 Å². The van der Waals surface area contributed by atoms with Crippen LogP contribution in [0, 0.1) is 0 Å². The van der Waals surface area contributed by atoms with Gasteiger partial charge in [0.1, 0.15) is 47.2 Å². The molecule has 0 radical (unpaired) electrons. The maximum Gasteiger partial charge on any atom is 0.260 e. The quantitative estimate of drug-likeness (QED) is 0.184. The van der Waals surface area contributed by atoms with Gasteiger partial charge in [-0.1, -0.05) is 60.7 Å². The molecule has 0 saturated heterocycles. The van der Waals surface area contributed by atoms with Gasteiger partial charge in [0.25, 0.3) is 11.8 Å². The molecule has 4 aromatic heterocycles. The molecule has 0 aliphatic carbocycles. The number of hydrogen-bond acceptors (Lipinski definition) is 10. The van der Waals surface area contributed by atoms with E-state index in [0.717, 1.165) is 12.8 Å². The number of amides is 2. The third-order valence-corrected chi connectivity index (χ3v) is 7.96. The van der Waals surface area contributed by atoms with Gasteiger partial charge in [-0.15, -0.1) is 20.4 Å². The van der Waals surface area contributed by atoms with Gasteiger partial charge in [-0.2, -0.15) is 0 Å². The fourth-order valence-corrected chi connectivity index (χ4v) is 5.44. The summed E-state index contributed by atoms with van der Waals surface area (Å²) in [5.74, 6) is 2.77. The smallest absolute Gasteiger partial charge is 0.260 e. The molecule has 0 saturated carbocycles. The molecule has 2 aromatic carbocycles. The number of anilines is 2. The van der Waals surface area contributed by atoms with Crippen molar-refractivity contribution in [1.82, 2.24) is 39.5 Å². The Hall–Kier alpha value is -6.96. The SMILES string of the molecule is O=C1Nc2cccc(n2)-c2nncn2C/C=C/CCOc2ccccc21.O=C1Nc2cccc(n2)-c2nncn2C/C=C\CCOc2ccccc21. The first-order chi connectivity index (χ1) is 25.6. The molecule has 0 unspecified atom stereocenters. The second-order valence-electron chi connectivity index (χ2n) is 11.5. The summed E-state index contributed by atoms with van der Waals surface area (Å²) in [6, 6.07) is 25.2. The van der Waals surface area contributed by atoms with Gasteiger partial charge in [0.15, 0.2) is 11.6 Å². The van der Waals surface area contributed by atoms with Gasteiger partial charge in [0.2, 0.25) is 0 Å². The lowest BCUT2D eigenvalue weighted by Gasteiger charge is -2.11. The van der Waals surface area contributed by atoms with E-state index >= 15 is 0 Å². The topological polar surface area (TPSA) is 164 Å². The van der Waals surface area contributed by atoms with Crippen molar-refractivity contribution >= 4 is 23.5 Å². The Morgan fingerprint density at radius 2 is 1.00 bits per heavy atom. The molecule has 2 aliphatic heterocycles. The summed E-state index contributed by atoms with van der Waals surface area (Å²) in [6.07, 6.45) is 12.9. The second kappa shape index (κ2) is 16.2. The Balaban J connectivity index is 0.000000162. The predicted octanol–water partition coefficient (Wildman–Crippen LogP) is 5.86. The van der Waals surface area contributed by atoms with E-state index in [1.54, 1.807) is 49.1 Å². The standard InChI is InChI=1S/2C19H17N5O2/c2*25-19-14-7-2-3-9-16(14)26-12-5-1-4-11-24-13-20-23-18(24)15-8-6-10-17(21-15)22-19/h2*1-4,6-10,13H,5,11-12H2,(H,21,22,25)/b4-1+;4-1-. The zero-order valence-corrected chi connectivity index (χ0v) is 28.0. The van der Waals surface area contributed by atoms with Gasteiger partial charge in [-0.05, 0) is 61.4 Å². The highest BCUT2D eigenvalue weighted by molar-refractivity contribution is 6.06. The van der Waals surface area contributed by atoms with Gasteiger partial charge >= 0.3 is 0 Å². The van der Waals surface area contributed by atoms with Crippen molar-refractivity contribution in [3.8, 4) is 34.5 Å². The number of aromatic nitrogens is 8. The number of rotatable bonds is 0. The monoisotopic (exact) mass is 694 g/mol. The van der Waals surface area contributed by atoms with Crippen LogP contribution < -0.4 is 20.1 Å². The van der Waals surface area contributed by atoms with E-state index in [0.29, 0.717) is 83.6 Å². The van der Waals surface area contributed by atoms with Crippen molar-refractivity contribution in [2.24, 2.45) is 0 Å². The molecule has 8 rings (SSSR count). The van der Waals surface area contributed by atoms with Crippen LogP contribution in [0.25, 0.3) is 23.0 Å². The highest BCUT2D eigenvalue weighted by Crippen LogP contribution is 2.23. The van der Waals surface area contributed by atoms with Gasteiger partial charge < -0.3 is 29.2 Å². The number of ether oxygens (including phenoxy) is 2. The van der Waals surface area contributed by atoms with Gasteiger partial charge in [-0.3, -0.25) is 9.59 Å². The third-order valence-electron chi connectivity index (χ3n) is 7.96. The molecule has 6 heterocycles. The van der Waals surface area contributed by atoms with E-state index in [1.165, 1.54) is 0 Å². The van der Waals surface area contributed by atoms with Crippen LogP contribution in [0.5, 0.6) is 11.5 Å². The lowest BCUT2D eigenvalue weighted by Crippen LogP contribution is -2.15. The summed E-state index contributed by atoms with van der Waals surface area (Å²) >= 11 is 0. The van der Waals surface area contributed by atoms with Crippen LogP contribution in [-0.2, 0) is 13.1 Å². The molecule has 0 spiro atoms. The maximum absolute atomic E-state index is 12.7. The minimum Gasteiger partial charge on any atom is -0.492 e. The van der Waals surface area contributed by atoms with Crippen molar-refractivity contribution in [2.75, 3.05) is 23.8 Å². The van der Waals surface area contributed by atoms with Crippen molar-refractivity contribution in [1.29, 1.82) is 0 Å². The Bertz CT molecular complexity index is 2080. The molecule has 14 nitrogen and oxygen atoms in total. The number of fused-ring (bicyclic) bond motifs is 10. The van der Waals surface area contributed by atoms with E-state index in [4.69, 9.17) is 9.47 Å². The summed E-state index contributed by atoms with van der Waals surface area (Å²) in [6.45, 7) is 2.25. The third kappa shape index (κ3) is 8.08. The number of para-hydroxylation sites is 2. The number of hydrogen-bond donors (Lipinski definition) is 2. The summed E-state index contributed by atoms with van der Waals surface area (Å²) in [5, 5.41) is 21.9. The van der Waals surface area contributed by atoms with Crippen LogP contribution in [0.1, 0.15) is 33.6 Å². The minimum atomic E-state index is -0.267. The van der Waals surface area contributed by atoms with Gasteiger partial charge in [0, 0.05) is 13.1 Å². The number of benzene rings is 2. The average Bonchev–Trinajstić information content (AvgIpc) is 3.85. The van der Waals surface area contributed by atoms with E-state index < -0.39 is 0 Å². The van der Waals surface area contributed by atoms with Crippen molar-refractivity contribution in [3.05, 3.63) is 133 Å². The highest BCUT2D eigenvalue weighted by atomic mass is 16.5. The molecule has 0 atom stereocenters. The van der Waals surface area contributed by atoms with E-state index in [-0.39, 0.29) is 11.8 Å². The second-order valence-corrected chi connectivity index (χ2v) is 11.5. The van der Waals surface area contributed by atoms with Crippen LogP contribution in [0.2, 0.25) is 0 Å². The fourth-order valence-electron chi connectivity index (χ4n) is 5.44. The number of carbonyl (C=O) groups is 2. The van der Waals surface area contributed by atoms with Crippen LogP contribution in [-0.4, -0.2) is 64.5 Å². The largest absolute Gasteiger partial charge is 0.492 e. The van der Waals surface area contributed by atoms with Gasteiger partial charge in [-0.25, -0.2) is 9.97 Å². The van der Waals surface area contributed by atoms with Crippen LogP contribution in [0.3, 0.4) is 0 Å². The number of nitrogens with zero attached hydrogens (tertiary/aromatic N) is 8. The van der Waals surface area contributed by atoms with Crippen molar-refractivity contribution in [3.63, 3.8) is 0 Å². The molecular weight excluding hydrogens is 660 g/mol. The predicted molar refractivity (Wildman–Crippen MR) is 194 cm³/mol. The first-order valence-corrected chi connectivity index (χ1v) is 16.7. The molecule has 0 fully saturated rings. The molecule has 14 heteroatoms. The van der Waals surface area contributed by atoms with Crippen LogP contribution in [0.4, 0.5) is 11.6 Å². The fraction of sp³-hybridized carbons (Fsp3) is 0.158. The summed E-state index contributed by atoms with van der Waals surface area (Å²) in [5.41, 5.74) is 2.24. The number of pyridine rings is 2. The molecule has 2 N–H and O–H groups in total.